The van der Waals surface area contributed by atoms with E-state index in [1.165, 1.54) is 0 Å². The van der Waals surface area contributed by atoms with Crippen molar-refractivity contribution >= 4 is 23.2 Å². The Morgan fingerprint density at radius 3 is 2.52 bits per heavy atom. The van der Waals surface area contributed by atoms with Gasteiger partial charge in [-0.2, -0.15) is 0 Å². The van der Waals surface area contributed by atoms with Crippen molar-refractivity contribution in [3.63, 3.8) is 0 Å². The topological polar surface area (TPSA) is 56.8 Å². The summed E-state index contributed by atoms with van der Waals surface area (Å²) in [6.07, 6.45) is 2.92. The minimum Gasteiger partial charge on any atom is -0.494 e. The van der Waals surface area contributed by atoms with Crippen molar-refractivity contribution in [2.45, 2.75) is 38.3 Å². The summed E-state index contributed by atoms with van der Waals surface area (Å²) in [5.74, 6) is 1.06. The van der Waals surface area contributed by atoms with Crippen LogP contribution in [-0.2, 0) is 4.79 Å². The van der Waals surface area contributed by atoms with E-state index in [2.05, 4.69) is 34.8 Å². The first-order chi connectivity index (χ1) is 15.2. The van der Waals surface area contributed by atoms with Gasteiger partial charge in [-0.05, 0) is 42.7 Å². The van der Waals surface area contributed by atoms with Crippen molar-refractivity contribution in [2.24, 2.45) is 0 Å². The van der Waals surface area contributed by atoms with Gasteiger partial charge in [0.05, 0.1) is 17.3 Å². The number of nitrogens with zero attached hydrogens (tertiary/aromatic N) is 2. The molecule has 0 saturated carbocycles. The number of para-hydroxylation sites is 1. The first kappa shape index (κ1) is 21.9. The molecule has 0 spiro atoms. The summed E-state index contributed by atoms with van der Waals surface area (Å²) in [6.45, 7) is 5.89. The number of halogens is 1. The fourth-order valence-electron chi connectivity index (χ4n) is 4.16. The van der Waals surface area contributed by atoms with Crippen LogP contribution in [0.2, 0.25) is 5.02 Å². The Balaban J connectivity index is 1.28. The number of hydrogen-bond donors (Lipinski definition) is 2. The number of benzene rings is 2. The summed E-state index contributed by atoms with van der Waals surface area (Å²) in [7, 11) is 0. The number of hydrazine groups is 1. The second-order valence-electron chi connectivity index (χ2n) is 8.16. The predicted octanol–water partition coefficient (Wildman–Crippen LogP) is 3.78. The Morgan fingerprint density at radius 1 is 1.06 bits per heavy atom. The smallest absolute Gasteiger partial charge is 0.241 e. The molecule has 0 aliphatic carbocycles. The molecule has 6 nitrogen and oxygen atoms in total. The molecule has 7 heteroatoms. The Hall–Kier alpha value is -2.28. The average Bonchev–Trinajstić information content (AvgIpc) is 3.30. The van der Waals surface area contributed by atoms with E-state index in [1.54, 1.807) is 0 Å². The van der Waals surface area contributed by atoms with Gasteiger partial charge in [0.15, 0.2) is 0 Å². The van der Waals surface area contributed by atoms with Gasteiger partial charge < -0.3 is 14.5 Å². The number of anilines is 1. The van der Waals surface area contributed by atoms with E-state index < -0.39 is 0 Å². The first-order valence-corrected chi connectivity index (χ1v) is 11.6. The van der Waals surface area contributed by atoms with E-state index >= 15 is 0 Å². The minimum absolute atomic E-state index is 0.114. The van der Waals surface area contributed by atoms with Crippen LogP contribution < -0.4 is 20.5 Å². The van der Waals surface area contributed by atoms with Crippen LogP contribution in [0.3, 0.4) is 0 Å². The first-order valence-electron chi connectivity index (χ1n) is 11.2. The highest BCUT2D eigenvalue weighted by atomic mass is 35.5. The van der Waals surface area contributed by atoms with E-state index in [-0.39, 0.29) is 18.0 Å². The highest BCUT2D eigenvalue weighted by Crippen LogP contribution is 2.28. The molecule has 0 bridgehead atoms. The van der Waals surface area contributed by atoms with Gasteiger partial charge in [0.1, 0.15) is 11.8 Å². The largest absolute Gasteiger partial charge is 0.494 e. The average molecular weight is 443 g/mol. The van der Waals surface area contributed by atoms with Gasteiger partial charge in [0.2, 0.25) is 5.91 Å². The molecule has 2 aliphatic rings. The molecular weight excluding hydrogens is 412 g/mol. The molecule has 2 fully saturated rings. The Bertz CT molecular complexity index is 868. The quantitative estimate of drug-likeness (QED) is 0.639. The maximum absolute atomic E-state index is 13.0. The van der Waals surface area contributed by atoms with Gasteiger partial charge in [0.25, 0.3) is 0 Å². The van der Waals surface area contributed by atoms with Crippen molar-refractivity contribution in [3.05, 3.63) is 59.1 Å². The summed E-state index contributed by atoms with van der Waals surface area (Å²) in [6, 6.07) is 16.0. The lowest BCUT2D eigenvalue weighted by Gasteiger charge is -2.37. The van der Waals surface area contributed by atoms with E-state index in [4.69, 9.17) is 16.3 Å². The summed E-state index contributed by atoms with van der Waals surface area (Å²) in [4.78, 5) is 17.3. The molecule has 1 amide bonds. The molecule has 4 rings (SSSR count). The van der Waals surface area contributed by atoms with Gasteiger partial charge in [-0.1, -0.05) is 49.2 Å². The van der Waals surface area contributed by atoms with Crippen LogP contribution in [0, 0.1) is 0 Å². The standard InChI is InChI=1S/C24H31ClN4O2/c1-2-3-16-31-19-10-8-18(9-11-19)21-17-22(27-26-21)24(30)29-14-12-28(13-15-29)23-7-5-4-6-20(23)25/h4-11,21-22,26-27H,2-3,12-17H2,1H3. The Morgan fingerprint density at radius 2 is 1.81 bits per heavy atom. The number of hydrogen-bond acceptors (Lipinski definition) is 5. The normalized spacial score (nSPS) is 21.4. The minimum atomic E-state index is -0.211. The van der Waals surface area contributed by atoms with Crippen molar-refractivity contribution in [3.8, 4) is 5.75 Å². The SMILES string of the molecule is CCCCOc1ccc(C2CC(C(=O)N3CCN(c4ccccc4Cl)CC3)NN2)cc1. The third-order valence-corrected chi connectivity index (χ3v) is 6.35. The number of nitrogens with one attached hydrogen (secondary N) is 2. The second kappa shape index (κ2) is 10.4. The van der Waals surface area contributed by atoms with Crippen LogP contribution in [0.4, 0.5) is 5.69 Å². The van der Waals surface area contributed by atoms with Crippen molar-refractivity contribution < 1.29 is 9.53 Å². The third kappa shape index (κ3) is 5.32. The highest BCUT2D eigenvalue weighted by Gasteiger charge is 2.34. The maximum Gasteiger partial charge on any atom is 0.241 e. The lowest BCUT2D eigenvalue weighted by Crippen LogP contribution is -2.53. The zero-order valence-corrected chi connectivity index (χ0v) is 18.8. The Labute approximate surface area is 189 Å². The molecule has 2 heterocycles. The zero-order valence-electron chi connectivity index (χ0n) is 18.0. The number of carbonyl (C=O) groups excluding carboxylic acids is 1. The van der Waals surface area contributed by atoms with Gasteiger partial charge in [-0.25, -0.2) is 10.9 Å². The monoisotopic (exact) mass is 442 g/mol. The van der Waals surface area contributed by atoms with Crippen LogP contribution >= 0.6 is 11.6 Å². The molecule has 2 N–H and O–H groups in total. The van der Waals surface area contributed by atoms with Gasteiger partial charge in [-0.3, -0.25) is 4.79 Å². The number of ether oxygens (including phenoxy) is 1. The number of rotatable bonds is 7. The van der Waals surface area contributed by atoms with Crippen LogP contribution in [-0.4, -0.2) is 49.6 Å². The lowest BCUT2D eigenvalue weighted by atomic mass is 10.0. The van der Waals surface area contributed by atoms with Crippen LogP contribution in [0.1, 0.15) is 37.8 Å². The summed E-state index contributed by atoms with van der Waals surface area (Å²) in [5, 5.41) is 0.758. The number of piperazine rings is 1. The van der Waals surface area contributed by atoms with Crippen LogP contribution in [0.25, 0.3) is 0 Å². The summed E-state index contributed by atoms with van der Waals surface area (Å²) >= 11 is 6.33. The predicted molar refractivity (Wildman–Crippen MR) is 125 cm³/mol. The van der Waals surface area contributed by atoms with Crippen molar-refractivity contribution in [1.82, 2.24) is 15.8 Å². The summed E-state index contributed by atoms with van der Waals surface area (Å²) in [5.41, 5.74) is 8.70. The fraction of sp³-hybridized carbons (Fsp3) is 0.458. The Kier molecular flexibility index (Phi) is 7.33. The second-order valence-corrected chi connectivity index (χ2v) is 8.57. The molecule has 31 heavy (non-hydrogen) atoms. The van der Waals surface area contributed by atoms with E-state index in [0.717, 1.165) is 61.0 Å². The molecule has 2 aliphatic heterocycles. The van der Waals surface area contributed by atoms with Gasteiger partial charge in [0, 0.05) is 32.2 Å². The van der Waals surface area contributed by atoms with Gasteiger partial charge in [-0.15, -0.1) is 0 Å². The zero-order chi connectivity index (χ0) is 21.6. The van der Waals surface area contributed by atoms with Gasteiger partial charge >= 0.3 is 0 Å². The number of unbranched alkanes of at least 4 members (excludes halogenated alkanes) is 1. The molecular formula is C24H31ClN4O2. The third-order valence-electron chi connectivity index (χ3n) is 6.03. The highest BCUT2D eigenvalue weighted by molar-refractivity contribution is 6.33. The fourth-order valence-corrected chi connectivity index (χ4v) is 4.42. The van der Waals surface area contributed by atoms with E-state index in [9.17, 15) is 4.79 Å². The van der Waals surface area contributed by atoms with Crippen molar-refractivity contribution in [2.75, 3.05) is 37.7 Å². The lowest BCUT2D eigenvalue weighted by molar-refractivity contribution is -0.133. The maximum atomic E-state index is 13.0. The number of amides is 1. The van der Waals surface area contributed by atoms with E-state index in [1.807, 2.05) is 41.3 Å². The molecule has 2 aromatic carbocycles. The van der Waals surface area contributed by atoms with E-state index in [0.29, 0.717) is 13.1 Å². The summed E-state index contributed by atoms with van der Waals surface area (Å²) < 4.78 is 5.74. The molecule has 0 radical (unpaired) electrons. The molecule has 2 aromatic rings. The molecule has 166 valence electrons. The van der Waals surface area contributed by atoms with Crippen LogP contribution in [0.5, 0.6) is 5.75 Å². The number of carbonyl (C=O) groups is 1. The molecule has 2 unspecified atom stereocenters. The van der Waals surface area contributed by atoms with Crippen molar-refractivity contribution in [1.29, 1.82) is 0 Å². The van der Waals surface area contributed by atoms with Crippen LogP contribution in [0.15, 0.2) is 48.5 Å². The molecule has 2 atom stereocenters. The molecule has 0 aromatic heterocycles. The molecule has 2 saturated heterocycles.